The molecule has 4 heteroatoms. The zero-order valence-corrected chi connectivity index (χ0v) is 18.9. The van der Waals surface area contributed by atoms with E-state index >= 15 is 0 Å². The fraction of sp³-hybridized carbons (Fsp3) is 0.462. The topological polar surface area (TPSA) is 35.9 Å². The van der Waals surface area contributed by atoms with Crippen LogP contribution in [-0.2, 0) is 11.2 Å². The smallest absolute Gasteiger partial charge is 0.223 e. The van der Waals surface area contributed by atoms with Gasteiger partial charge in [-0.15, -0.1) is 0 Å². The second kappa shape index (κ2) is 10.5. The van der Waals surface area contributed by atoms with Crippen molar-refractivity contribution < 1.29 is 4.79 Å². The number of carbonyl (C=O) groups excluding carboxylic acids is 1. The normalized spacial score (nSPS) is 16.0. The largest absolute Gasteiger partial charge is 0.343 e. The molecule has 0 unspecified atom stereocenters. The molecule has 1 saturated heterocycles. The number of fused-ring (bicyclic) bond motifs is 1. The molecule has 0 aliphatic carbocycles. The molecule has 2 heterocycles. The predicted molar refractivity (Wildman–Crippen MR) is 126 cm³/mol. The van der Waals surface area contributed by atoms with Crippen LogP contribution in [0.1, 0.15) is 55.7 Å². The van der Waals surface area contributed by atoms with Gasteiger partial charge < -0.3 is 9.80 Å². The summed E-state index contributed by atoms with van der Waals surface area (Å²) in [7, 11) is 4.03. The maximum Gasteiger partial charge on any atom is 0.223 e. The van der Waals surface area contributed by atoms with Crippen molar-refractivity contribution in [3.05, 3.63) is 65.2 Å². The minimum absolute atomic E-state index is 0.291. The van der Waals surface area contributed by atoms with E-state index in [0.29, 0.717) is 18.2 Å². The van der Waals surface area contributed by atoms with Crippen LogP contribution in [0.5, 0.6) is 0 Å². The molecule has 1 fully saturated rings. The van der Waals surface area contributed by atoms with E-state index in [1.54, 1.807) is 0 Å². The Morgan fingerprint density at radius 3 is 2.50 bits per heavy atom. The van der Waals surface area contributed by atoms with Crippen LogP contribution in [-0.4, -0.2) is 55.1 Å². The molecule has 0 N–H and O–H groups in total. The van der Waals surface area contributed by atoms with Crippen LogP contribution in [0.3, 0.4) is 0 Å². The van der Waals surface area contributed by atoms with Crippen molar-refractivity contribution in [3.8, 4) is 0 Å². The Kier molecular flexibility index (Phi) is 7.81. The van der Waals surface area contributed by atoms with Crippen LogP contribution in [0.15, 0.2) is 53.5 Å². The highest BCUT2D eigenvalue weighted by atomic mass is 16.2. The summed E-state index contributed by atoms with van der Waals surface area (Å²) >= 11 is 0. The maximum atomic E-state index is 12.4. The summed E-state index contributed by atoms with van der Waals surface area (Å²) in [6.07, 6.45) is 3.62. The maximum absolute atomic E-state index is 12.4. The average Bonchev–Trinajstić information content (AvgIpc) is 3.23. The first-order chi connectivity index (χ1) is 14.6. The summed E-state index contributed by atoms with van der Waals surface area (Å²) in [6.45, 7) is 6.56. The average molecular weight is 406 g/mol. The Labute approximate surface area is 181 Å². The molecule has 0 saturated carbocycles. The van der Waals surface area contributed by atoms with E-state index in [9.17, 15) is 4.79 Å². The highest BCUT2D eigenvalue weighted by Crippen LogP contribution is 2.32. The summed E-state index contributed by atoms with van der Waals surface area (Å²) in [5.74, 6) is 0.821. The lowest BCUT2D eigenvalue weighted by molar-refractivity contribution is -0.132. The van der Waals surface area contributed by atoms with E-state index in [0.717, 1.165) is 44.6 Å². The molecule has 0 aromatic heterocycles. The molecular weight excluding hydrogens is 370 g/mol. The third-order valence-corrected chi connectivity index (χ3v) is 5.92. The Hall–Kier alpha value is -2.46. The quantitative estimate of drug-likeness (QED) is 0.698. The van der Waals surface area contributed by atoms with Crippen LogP contribution in [0, 0.1) is 0 Å². The van der Waals surface area contributed by atoms with E-state index in [1.807, 2.05) is 32.8 Å². The molecule has 4 nitrogen and oxygen atoms in total. The van der Waals surface area contributed by atoms with Crippen molar-refractivity contribution in [2.45, 2.75) is 45.4 Å². The van der Waals surface area contributed by atoms with Crippen molar-refractivity contribution >= 4 is 17.3 Å². The van der Waals surface area contributed by atoms with Gasteiger partial charge in [-0.2, -0.15) is 0 Å². The van der Waals surface area contributed by atoms with Gasteiger partial charge in [0.25, 0.3) is 0 Å². The number of carbonyl (C=O) groups is 1. The van der Waals surface area contributed by atoms with Gasteiger partial charge in [-0.1, -0.05) is 50.2 Å². The third-order valence-electron chi connectivity index (χ3n) is 5.92. The number of rotatable bonds is 5. The van der Waals surface area contributed by atoms with Crippen LogP contribution < -0.4 is 0 Å². The summed E-state index contributed by atoms with van der Waals surface area (Å²) in [5, 5.41) is 0. The van der Waals surface area contributed by atoms with E-state index < -0.39 is 0 Å². The predicted octanol–water partition coefficient (Wildman–Crippen LogP) is 5.05. The lowest BCUT2D eigenvalue weighted by atomic mass is 9.87. The van der Waals surface area contributed by atoms with Gasteiger partial charge in [0.05, 0.1) is 11.4 Å². The molecule has 0 bridgehead atoms. The van der Waals surface area contributed by atoms with Gasteiger partial charge in [0, 0.05) is 32.5 Å². The molecule has 0 radical (unpaired) electrons. The second-order valence-electron chi connectivity index (χ2n) is 8.20. The monoisotopic (exact) mass is 405 g/mol. The minimum atomic E-state index is 0.291. The van der Waals surface area contributed by atoms with E-state index in [4.69, 9.17) is 4.99 Å². The van der Waals surface area contributed by atoms with E-state index in [2.05, 4.69) is 53.4 Å². The zero-order valence-electron chi connectivity index (χ0n) is 18.9. The number of likely N-dealkylation sites (tertiary alicyclic amines) is 1. The van der Waals surface area contributed by atoms with Gasteiger partial charge in [0.15, 0.2) is 0 Å². The Bertz CT molecular complexity index is 879. The highest BCUT2D eigenvalue weighted by Gasteiger charge is 2.24. The minimum Gasteiger partial charge on any atom is -0.343 e. The fourth-order valence-electron chi connectivity index (χ4n) is 4.21. The Balaban J connectivity index is 0.00000124. The molecule has 2 aromatic carbocycles. The van der Waals surface area contributed by atoms with Gasteiger partial charge >= 0.3 is 0 Å². The number of hydrogen-bond donors (Lipinski definition) is 0. The first kappa shape index (κ1) is 22.2. The molecule has 30 heavy (non-hydrogen) atoms. The van der Waals surface area contributed by atoms with Crippen molar-refractivity contribution in [3.63, 3.8) is 0 Å². The first-order valence-electron chi connectivity index (χ1n) is 11.3. The Morgan fingerprint density at radius 2 is 1.80 bits per heavy atom. The number of hydrogen-bond acceptors (Lipinski definition) is 3. The molecule has 0 spiro atoms. The van der Waals surface area contributed by atoms with E-state index in [-0.39, 0.29) is 0 Å². The lowest BCUT2D eigenvalue weighted by Gasteiger charge is -2.32. The van der Waals surface area contributed by atoms with Crippen molar-refractivity contribution in [2.75, 3.05) is 33.7 Å². The molecule has 2 aromatic rings. The number of benzene rings is 2. The highest BCUT2D eigenvalue weighted by molar-refractivity contribution is 6.06. The van der Waals surface area contributed by atoms with Crippen LogP contribution in [0.4, 0.5) is 5.69 Å². The summed E-state index contributed by atoms with van der Waals surface area (Å²) in [5.41, 5.74) is 6.20. The lowest BCUT2D eigenvalue weighted by Crippen LogP contribution is -2.39. The van der Waals surface area contributed by atoms with Gasteiger partial charge in [0.1, 0.15) is 0 Å². The molecule has 4 rings (SSSR count). The number of aliphatic imine (C=N–C) groups is 1. The fourth-order valence-corrected chi connectivity index (χ4v) is 4.21. The summed E-state index contributed by atoms with van der Waals surface area (Å²) in [4.78, 5) is 21.3. The van der Waals surface area contributed by atoms with Gasteiger partial charge in [-0.3, -0.25) is 9.79 Å². The Morgan fingerprint density at radius 1 is 1.07 bits per heavy atom. The molecule has 1 amide bonds. The van der Waals surface area contributed by atoms with Gasteiger partial charge in [-0.05, 0) is 61.7 Å². The van der Waals surface area contributed by atoms with Crippen LogP contribution in [0.2, 0.25) is 0 Å². The molecule has 160 valence electrons. The standard InChI is InChI=1S/C24H29N3O.C2H6/c1-26(2)13-12-24(28)27-14-10-18(11-15-27)19-7-5-8-20(16-19)23-17-21-6-3-4-9-22(21)25-23;1-2/h3-9,16,18H,10-15,17H2,1-2H3;1-2H3. The first-order valence-corrected chi connectivity index (χ1v) is 11.3. The summed E-state index contributed by atoms with van der Waals surface area (Å²) in [6, 6.07) is 17.3. The number of amides is 1. The molecule has 2 aliphatic heterocycles. The zero-order chi connectivity index (χ0) is 21.5. The SMILES string of the molecule is CC.CN(C)CCC(=O)N1CCC(c2cccc(C3=Nc4ccccc4C3)c2)CC1. The molecular formula is C26H35N3O. The van der Waals surface area contributed by atoms with Crippen LogP contribution in [0.25, 0.3) is 0 Å². The van der Waals surface area contributed by atoms with Gasteiger partial charge in [-0.25, -0.2) is 0 Å². The number of nitrogens with zero attached hydrogens (tertiary/aromatic N) is 3. The molecule has 0 atom stereocenters. The molecule has 2 aliphatic rings. The second-order valence-corrected chi connectivity index (χ2v) is 8.20. The number of piperidine rings is 1. The van der Waals surface area contributed by atoms with Crippen LogP contribution >= 0.6 is 0 Å². The van der Waals surface area contributed by atoms with Crippen molar-refractivity contribution in [2.24, 2.45) is 4.99 Å². The van der Waals surface area contributed by atoms with Crippen molar-refractivity contribution in [1.82, 2.24) is 9.80 Å². The van der Waals surface area contributed by atoms with Gasteiger partial charge in [0.2, 0.25) is 5.91 Å². The van der Waals surface area contributed by atoms with E-state index in [1.165, 1.54) is 22.4 Å². The summed E-state index contributed by atoms with van der Waals surface area (Å²) < 4.78 is 0. The third kappa shape index (κ3) is 5.37. The number of para-hydroxylation sites is 1. The van der Waals surface area contributed by atoms with Crippen molar-refractivity contribution in [1.29, 1.82) is 0 Å².